The van der Waals surface area contributed by atoms with Crippen molar-refractivity contribution < 1.29 is 4.79 Å². The van der Waals surface area contributed by atoms with Gasteiger partial charge in [0.15, 0.2) is 0 Å². The van der Waals surface area contributed by atoms with Gasteiger partial charge < -0.3 is 15.1 Å². The van der Waals surface area contributed by atoms with Gasteiger partial charge in [-0.1, -0.05) is 43.2 Å². The molecule has 1 unspecified atom stereocenters. The van der Waals surface area contributed by atoms with Crippen LogP contribution in [0, 0.1) is 5.92 Å². The van der Waals surface area contributed by atoms with Crippen LogP contribution in [-0.4, -0.2) is 57.6 Å². The van der Waals surface area contributed by atoms with Gasteiger partial charge in [-0.25, -0.2) is 0 Å². The third kappa shape index (κ3) is 5.40. The molecule has 0 radical (unpaired) electrons. The van der Waals surface area contributed by atoms with Crippen molar-refractivity contribution in [1.82, 2.24) is 10.2 Å². The number of rotatable bonds is 7. The summed E-state index contributed by atoms with van der Waals surface area (Å²) in [7, 11) is 4.13. The molecule has 2 fully saturated rings. The molecule has 1 saturated carbocycles. The van der Waals surface area contributed by atoms with E-state index in [-0.39, 0.29) is 17.9 Å². The van der Waals surface area contributed by atoms with Crippen molar-refractivity contribution in [3.63, 3.8) is 0 Å². The van der Waals surface area contributed by atoms with Gasteiger partial charge in [0.05, 0.1) is 6.04 Å². The lowest BCUT2D eigenvalue weighted by Crippen LogP contribution is -2.50. The first-order valence-electron chi connectivity index (χ1n) is 11.7. The Balaban J connectivity index is 1.44. The van der Waals surface area contributed by atoms with Crippen LogP contribution in [0.3, 0.4) is 0 Å². The van der Waals surface area contributed by atoms with Crippen LogP contribution in [-0.2, 0) is 4.79 Å². The van der Waals surface area contributed by atoms with E-state index < -0.39 is 0 Å². The molecule has 1 atom stereocenters. The summed E-state index contributed by atoms with van der Waals surface area (Å²) < 4.78 is 0. The number of nitrogens with one attached hydrogen (secondary N) is 1. The number of carbonyl (C=O) groups is 1. The summed E-state index contributed by atoms with van der Waals surface area (Å²) in [6.07, 6.45) is 4.47. The van der Waals surface area contributed by atoms with Crippen molar-refractivity contribution in [2.45, 2.75) is 31.7 Å². The van der Waals surface area contributed by atoms with Crippen LogP contribution in [0.4, 0.5) is 11.4 Å². The Bertz CT molecular complexity index is 822. The molecular weight excluding hydrogens is 384 g/mol. The minimum Gasteiger partial charge on any atom is -0.378 e. The molecule has 31 heavy (non-hydrogen) atoms. The van der Waals surface area contributed by atoms with Crippen molar-refractivity contribution in [1.29, 1.82) is 0 Å². The predicted octanol–water partition coefficient (Wildman–Crippen LogP) is 3.92. The van der Waals surface area contributed by atoms with Crippen molar-refractivity contribution in [3.05, 3.63) is 60.2 Å². The molecule has 2 aromatic rings. The molecule has 1 heterocycles. The molecule has 2 aromatic carbocycles. The first-order chi connectivity index (χ1) is 15.1. The van der Waals surface area contributed by atoms with Gasteiger partial charge >= 0.3 is 0 Å². The number of benzene rings is 2. The lowest BCUT2D eigenvalue weighted by atomic mass is 10.0. The largest absolute Gasteiger partial charge is 0.378 e. The number of amides is 1. The zero-order valence-electron chi connectivity index (χ0n) is 19.0. The number of anilines is 2. The Hall–Kier alpha value is -2.53. The van der Waals surface area contributed by atoms with Crippen molar-refractivity contribution in [2.24, 2.45) is 5.92 Å². The maximum Gasteiger partial charge on any atom is 0.223 e. The summed E-state index contributed by atoms with van der Waals surface area (Å²) >= 11 is 0. The number of hydrogen-bond acceptors (Lipinski definition) is 4. The molecule has 166 valence electrons. The Labute approximate surface area is 187 Å². The minimum absolute atomic E-state index is 0.208. The first kappa shape index (κ1) is 21.7. The van der Waals surface area contributed by atoms with Crippen molar-refractivity contribution in [3.8, 4) is 0 Å². The molecule has 1 saturated heterocycles. The van der Waals surface area contributed by atoms with Crippen LogP contribution < -0.4 is 15.1 Å². The van der Waals surface area contributed by atoms with Crippen LogP contribution in [0.1, 0.15) is 37.3 Å². The molecule has 0 spiro atoms. The fourth-order valence-electron chi connectivity index (χ4n) is 4.91. The van der Waals surface area contributed by atoms with E-state index in [1.165, 1.54) is 29.8 Å². The summed E-state index contributed by atoms with van der Waals surface area (Å²) in [4.78, 5) is 19.8. The lowest BCUT2D eigenvalue weighted by molar-refractivity contribution is -0.125. The highest BCUT2D eigenvalue weighted by atomic mass is 16.1. The minimum atomic E-state index is 0.208. The topological polar surface area (TPSA) is 38.8 Å². The lowest BCUT2D eigenvalue weighted by Gasteiger charge is -2.40. The van der Waals surface area contributed by atoms with Crippen LogP contribution >= 0.6 is 0 Å². The molecule has 1 aliphatic heterocycles. The predicted molar refractivity (Wildman–Crippen MR) is 129 cm³/mol. The molecular formula is C26H36N4O. The molecule has 0 bridgehead atoms. The molecule has 1 N–H and O–H groups in total. The molecule has 5 heteroatoms. The SMILES string of the molecule is CN(C)c1ccc(C(CNC(=O)C2CCCC2)N2CCN(c3ccccc3)CC2)cc1. The fourth-order valence-corrected chi connectivity index (χ4v) is 4.91. The van der Waals surface area contributed by atoms with E-state index in [1.807, 2.05) is 0 Å². The average molecular weight is 421 g/mol. The normalized spacial score (nSPS) is 18.7. The molecule has 2 aliphatic rings. The molecule has 0 aromatic heterocycles. The van der Waals surface area contributed by atoms with E-state index in [1.54, 1.807) is 0 Å². The van der Waals surface area contributed by atoms with Gasteiger partial charge in [-0.3, -0.25) is 9.69 Å². The van der Waals surface area contributed by atoms with Gasteiger partial charge in [0.2, 0.25) is 5.91 Å². The van der Waals surface area contributed by atoms with E-state index in [4.69, 9.17) is 0 Å². The molecule has 1 amide bonds. The van der Waals surface area contributed by atoms with Gasteiger partial charge in [0.1, 0.15) is 0 Å². The monoisotopic (exact) mass is 420 g/mol. The first-order valence-corrected chi connectivity index (χ1v) is 11.7. The molecule has 5 nitrogen and oxygen atoms in total. The van der Waals surface area contributed by atoms with Crippen LogP contribution in [0.15, 0.2) is 54.6 Å². The second-order valence-corrected chi connectivity index (χ2v) is 9.09. The van der Waals surface area contributed by atoms with E-state index in [2.05, 4.69) is 88.7 Å². The third-order valence-electron chi connectivity index (χ3n) is 6.87. The van der Waals surface area contributed by atoms with E-state index >= 15 is 0 Å². The summed E-state index contributed by atoms with van der Waals surface area (Å²) in [6, 6.07) is 19.7. The maximum absolute atomic E-state index is 12.7. The molecule has 4 rings (SSSR count). The second kappa shape index (κ2) is 10.2. The van der Waals surface area contributed by atoms with E-state index in [0.29, 0.717) is 6.54 Å². The standard InChI is InChI=1S/C26H36N4O/c1-28(2)23-14-12-21(13-15-23)25(20-27-26(31)22-8-6-7-9-22)30-18-16-29(17-19-30)24-10-4-3-5-11-24/h3-5,10-15,22,25H,6-9,16-20H2,1-2H3,(H,27,31). The quantitative estimate of drug-likeness (QED) is 0.737. The number of carbonyl (C=O) groups excluding carboxylic acids is 1. The fraction of sp³-hybridized carbons (Fsp3) is 0.500. The highest BCUT2D eigenvalue weighted by Gasteiger charge is 2.28. The summed E-state index contributed by atoms with van der Waals surface area (Å²) in [5, 5.41) is 3.30. The Morgan fingerprint density at radius 2 is 1.61 bits per heavy atom. The second-order valence-electron chi connectivity index (χ2n) is 9.09. The number of nitrogens with zero attached hydrogens (tertiary/aromatic N) is 3. The smallest absolute Gasteiger partial charge is 0.223 e. The van der Waals surface area contributed by atoms with Crippen molar-refractivity contribution >= 4 is 17.3 Å². The van der Waals surface area contributed by atoms with Gasteiger partial charge in [0, 0.05) is 64.1 Å². The van der Waals surface area contributed by atoms with Gasteiger partial charge in [-0.15, -0.1) is 0 Å². The van der Waals surface area contributed by atoms with Gasteiger partial charge in [-0.2, -0.15) is 0 Å². The highest BCUT2D eigenvalue weighted by Crippen LogP contribution is 2.27. The van der Waals surface area contributed by atoms with Crippen LogP contribution in [0.5, 0.6) is 0 Å². The Kier molecular flexibility index (Phi) is 7.13. The van der Waals surface area contributed by atoms with Crippen LogP contribution in [0.25, 0.3) is 0 Å². The Morgan fingerprint density at radius 3 is 2.23 bits per heavy atom. The summed E-state index contributed by atoms with van der Waals surface area (Å²) in [5.41, 5.74) is 3.78. The van der Waals surface area contributed by atoms with Gasteiger partial charge in [-0.05, 0) is 42.7 Å². The average Bonchev–Trinajstić information content (AvgIpc) is 3.36. The number of para-hydroxylation sites is 1. The summed E-state index contributed by atoms with van der Waals surface area (Å²) in [5.74, 6) is 0.460. The molecule has 1 aliphatic carbocycles. The zero-order chi connectivity index (χ0) is 21.6. The number of hydrogen-bond donors (Lipinski definition) is 1. The van der Waals surface area contributed by atoms with E-state index in [0.717, 1.165) is 39.0 Å². The summed E-state index contributed by atoms with van der Waals surface area (Å²) in [6.45, 7) is 4.68. The number of piperazine rings is 1. The van der Waals surface area contributed by atoms with Crippen LogP contribution in [0.2, 0.25) is 0 Å². The maximum atomic E-state index is 12.7. The Morgan fingerprint density at radius 1 is 0.968 bits per heavy atom. The van der Waals surface area contributed by atoms with Gasteiger partial charge in [0.25, 0.3) is 0 Å². The highest BCUT2D eigenvalue weighted by molar-refractivity contribution is 5.78. The van der Waals surface area contributed by atoms with E-state index in [9.17, 15) is 4.79 Å². The zero-order valence-corrected chi connectivity index (χ0v) is 19.0. The van der Waals surface area contributed by atoms with Crippen molar-refractivity contribution in [2.75, 3.05) is 56.6 Å². The third-order valence-corrected chi connectivity index (χ3v) is 6.87.